The second kappa shape index (κ2) is 7.62. The van der Waals surface area contributed by atoms with E-state index in [-0.39, 0.29) is 30.7 Å². The van der Waals surface area contributed by atoms with Gasteiger partial charge in [0.05, 0.1) is 34.5 Å². The van der Waals surface area contributed by atoms with E-state index in [0.717, 1.165) is 5.56 Å². The second-order valence-corrected chi connectivity index (χ2v) is 7.22. The summed E-state index contributed by atoms with van der Waals surface area (Å²) in [5, 5.41) is 10.9. The molecule has 0 saturated heterocycles. The first-order valence-corrected chi connectivity index (χ1v) is 9.83. The first-order chi connectivity index (χ1) is 15.5. The second-order valence-electron chi connectivity index (χ2n) is 7.22. The number of benzene rings is 2. The standard InChI is InChI=1S/C23H16N4O5/c28-22-18-3-1-2-4-19(18)23(29)26(22)11-12-32-17-8-5-15(6-9-17)20-14-25-13-16(27(30)31)7-10-21(25)24-20/h1-10,13-14H,11-12H2. The van der Waals surface area contributed by atoms with Crippen molar-refractivity contribution in [3.05, 3.63) is 94.3 Å². The number of ether oxygens (including phenoxy) is 1. The van der Waals surface area contributed by atoms with Crippen LogP contribution in [-0.4, -0.2) is 44.2 Å². The van der Waals surface area contributed by atoms with Gasteiger partial charge in [-0.25, -0.2) is 4.98 Å². The molecule has 9 nitrogen and oxygen atoms in total. The highest BCUT2D eigenvalue weighted by atomic mass is 16.6. The van der Waals surface area contributed by atoms with Gasteiger partial charge in [0.15, 0.2) is 0 Å². The van der Waals surface area contributed by atoms with Crippen LogP contribution in [0.15, 0.2) is 73.1 Å². The molecule has 0 radical (unpaired) electrons. The van der Waals surface area contributed by atoms with E-state index in [1.165, 1.54) is 17.2 Å². The molecule has 5 rings (SSSR count). The van der Waals surface area contributed by atoms with Gasteiger partial charge in [-0.1, -0.05) is 12.1 Å². The number of fused-ring (bicyclic) bond motifs is 2. The fourth-order valence-corrected chi connectivity index (χ4v) is 3.65. The number of nitrogens with zero attached hydrogens (tertiary/aromatic N) is 4. The van der Waals surface area contributed by atoms with Crippen LogP contribution in [0.5, 0.6) is 5.75 Å². The van der Waals surface area contributed by atoms with Crippen LogP contribution >= 0.6 is 0 Å². The molecule has 2 aromatic heterocycles. The van der Waals surface area contributed by atoms with Crippen molar-refractivity contribution in [2.45, 2.75) is 0 Å². The van der Waals surface area contributed by atoms with Crippen LogP contribution in [0.25, 0.3) is 16.9 Å². The van der Waals surface area contributed by atoms with Crippen LogP contribution in [0.1, 0.15) is 20.7 Å². The third-order valence-electron chi connectivity index (χ3n) is 5.26. The highest BCUT2D eigenvalue weighted by molar-refractivity contribution is 6.21. The summed E-state index contributed by atoms with van der Waals surface area (Å²) < 4.78 is 7.32. The molecule has 0 bridgehead atoms. The van der Waals surface area contributed by atoms with Crippen molar-refractivity contribution < 1.29 is 19.2 Å². The van der Waals surface area contributed by atoms with Gasteiger partial charge in [0.1, 0.15) is 18.0 Å². The van der Waals surface area contributed by atoms with Crippen LogP contribution in [-0.2, 0) is 0 Å². The third-order valence-corrected chi connectivity index (χ3v) is 5.26. The van der Waals surface area contributed by atoms with Crippen molar-refractivity contribution in [2.75, 3.05) is 13.2 Å². The molecular formula is C23H16N4O5. The Morgan fingerprint density at radius 1 is 0.906 bits per heavy atom. The van der Waals surface area contributed by atoms with Crippen LogP contribution in [0, 0.1) is 10.1 Å². The molecule has 0 atom stereocenters. The summed E-state index contributed by atoms with van der Waals surface area (Å²) in [4.78, 5) is 40.9. The number of rotatable bonds is 6. The molecule has 0 unspecified atom stereocenters. The Balaban J connectivity index is 1.24. The lowest BCUT2D eigenvalue weighted by atomic mass is 10.1. The minimum Gasteiger partial charge on any atom is -0.492 e. The average molecular weight is 428 g/mol. The maximum Gasteiger partial charge on any atom is 0.286 e. The molecule has 1 aliphatic rings. The first-order valence-electron chi connectivity index (χ1n) is 9.83. The molecule has 9 heteroatoms. The number of pyridine rings is 1. The highest BCUT2D eigenvalue weighted by Crippen LogP contribution is 2.25. The van der Waals surface area contributed by atoms with Gasteiger partial charge in [-0.3, -0.25) is 29.0 Å². The monoisotopic (exact) mass is 428 g/mol. The van der Waals surface area contributed by atoms with Gasteiger partial charge in [0.2, 0.25) is 0 Å². The maximum atomic E-state index is 12.4. The van der Waals surface area contributed by atoms with E-state index < -0.39 is 4.92 Å². The third kappa shape index (κ3) is 3.35. The fraction of sp³-hybridized carbons (Fsp3) is 0.0870. The predicted octanol–water partition coefficient (Wildman–Crippen LogP) is 3.58. The van der Waals surface area contributed by atoms with Gasteiger partial charge >= 0.3 is 0 Å². The molecule has 2 amide bonds. The SMILES string of the molecule is O=C1c2ccccc2C(=O)N1CCOc1ccc(-c2cn3cc([N+](=O)[O-])ccc3n2)cc1. The Labute approximate surface area is 181 Å². The molecule has 0 saturated carbocycles. The quantitative estimate of drug-likeness (QED) is 0.264. The molecule has 3 heterocycles. The molecule has 1 aliphatic heterocycles. The summed E-state index contributed by atoms with van der Waals surface area (Å²) in [6.45, 7) is 0.322. The van der Waals surface area contributed by atoms with Crippen molar-refractivity contribution >= 4 is 23.1 Å². The van der Waals surface area contributed by atoms with Crippen molar-refractivity contribution in [2.24, 2.45) is 0 Å². The summed E-state index contributed by atoms with van der Waals surface area (Å²) in [7, 11) is 0. The number of hydrogen-bond donors (Lipinski definition) is 0. The average Bonchev–Trinajstić information content (AvgIpc) is 3.34. The summed E-state index contributed by atoms with van der Waals surface area (Å²) in [5.41, 5.74) is 2.92. The van der Waals surface area contributed by atoms with Crippen LogP contribution in [0.3, 0.4) is 0 Å². The van der Waals surface area contributed by atoms with E-state index in [0.29, 0.717) is 28.2 Å². The molecular weight excluding hydrogens is 412 g/mol. The zero-order chi connectivity index (χ0) is 22.2. The summed E-state index contributed by atoms with van der Waals surface area (Å²) in [6.07, 6.45) is 3.14. The Morgan fingerprint density at radius 2 is 1.59 bits per heavy atom. The number of imidazole rings is 1. The molecule has 4 aromatic rings. The Hall–Kier alpha value is -4.53. The van der Waals surface area contributed by atoms with E-state index in [4.69, 9.17) is 4.74 Å². The lowest BCUT2D eigenvalue weighted by molar-refractivity contribution is -0.385. The number of carbonyl (C=O) groups excluding carboxylic acids is 2. The van der Waals surface area contributed by atoms with Gasteiger partial charge in [-0.05, 0) is 42.5 Å². The van der Waals surface area contributed by atoms with Crippen molar-refractivity contribution in [1.29, 1.82) is 0 Å². The lowest BCUT2D eigenvalue weighted by Gasteiger charge is -2.14. The number of nitro groups is 1. The fourth-order valence-electron chi connectivity index (χ4n) is 3.65. The largest absolute Gasteiger partial charge is 0.492 e. The Morgan fingerprint density at radius 3 is 2.25 bits per heavy atom. The number of aromatic nitrogens is 2. The number of amides is 2. The van der Waals surface area contributed by atoms with E-state index in [1.54, 1.807) is 53.1 Å². The van der Waals surface area contributed by atoms with Crippen LogP contribution in [0.2, 0.25) is 0 Å². The lowest BCUT2D eigenvalue weighted by Crippen LogP contribution is -2.33. The van der Waals surface area contributed by atoms with E-state index >= 15 is 0 Å². The maximum absolute atomic E-state index is 12.4. The van der Waals surface area contributed by atoms with Gasteiger partial charge in [-0.15, -0.1) is 0 Å². The number of imide groups is 1. The normalized spacial score (nSPS) is 12.9. The Kier molecular flexibility index (Phi) is 4.63. The van der Waals surface area contributed by atoms with Crippen molar-refractivity contribution in [3.63, 3.8) is 0 Å². The zero-order valence-electron chi connectivity index (χ0n) is 16.7. The smallest absolute Gasteiger partial charge is 0.286 e. The zero-order valence-corrected chi connectivity index (χ0v) is 16.7. The van der Waals surface area contributed by atoms with Gasteiger partial charge in [0, 0.05) is 17.8 Å². The molecule has 0 N–H and O–H groups in total. The summed E-state index contributed by atoms with van der Waals surface area (Å²) in [5.74, 6) is -0.0296. The molecule has 158 valence electrons. The van der Waals surface area contributed by atoms with Crippen LogP contribution in [0.4, 0.5) is 5.69 Å². The van der Waals surface area contributed by atoms with E-state index in [2.05, 4.69) is 4.98 Å². The minimum absolute atomic E-state index is 0.0109. The van der Waals surface area contributed by atoms with Gasteiger partial charge < -0.3 is 4.74 Å². The molecule has 2 aromatic carbocycles. The van der Waals surface area contributed by atoms with Gasteiger partial charge in [0.25, 0.3) is 17.5 Å². The predicted molar refractivity (Wildman–Crippen MR) is 115 cm³/mol. The van der Waals surface area contributed by atoms with Crippen LogP contribution < -0.4 is 4.74 Å². The number of hydrogen-bond acceptors (Lipinski definition) is 6. The minimum atomic E-state index is -0.451. The van der Waals surface area contributed by atoms with E-state index in [9.17, 15) is 19.7 Å². The molecule has 0 aliphatic carbocycles. The molecule has 0 fully saturated rings. The highest BCUT2D eigenvalue weighted by Gasteiger charge is 2.34. The topological polar surface area (TPSA) is 107 Å². The number of carbonyl (C=O) groups is 2. The van der Waals surface area contributed by atoms with E-state index in [1.807, 2.05) is 12.1 Å². The van der Waals surface area contributed by atoms with Gasteiger partial charge in [-0.2, -0.15) is 0 Å². The Bertz CT molecular complexity index is 1340. The summed E-state index contributed by atoms with van der Waals surface area (Å²) in [6, 6.07) is 17.0. The summed E-state index contributed by atoms with van der Waals surface area (Å²) >= 11 is 0. The van der Waals surface area contributed by atoms with Crippen molar-refractivity contribution in [1.82, 2.24) is 14.3 Å². The first kappa shape index (κ1) is 19.4. The molecule has 0 spiro atoms. The molecule has 32 heavy (non-hydrogen) atoms. The van der Waals surface area contributed by atoms with Crippen molar-refractivity contribution in [3.8, 4) is 17.0 Å².